The Balaban J connectivity index is 1.90. The lowest BCUT2D eigenvalue weighted by Crippen LogP contribution is -2.49. The molecule has 0 saturated carbocycles. The average Bonchev–Trinajstić information content (AvgIpc) is 3.00. The lowest BCUT2D eigenvalue weighted by Gasteiger charge is -2.33. The Morgan fingerprint density at radius 1 is 1.67 bits per heavy atom. The van der Waals surface area contributed by atoms with Crippen LogP contribution in [0, 0.1) is 0 Å². The number of nitrogens with zero attached hydrogens (tertiary/aromatic N) is 2. The van der Waals surface area contributed by atoms with Crippen molar-refractivity contribution in [1.82, 2.24) is 9.80 Å². The molecule has 1 aliphatic heterocycles. The summed E-state index contributed by atoms with van der Waals surface area (Å²) in [5.41, 5.74) is 5.64. The van der Waals surface area contributed by atoms with Gasteiger partial charge in [0.05, 0.1) is 25.8 Å². The summed E-state index contributed by atoms with van der Waals surface area (Å²) >= 11 is 1.67. The van der Waals surface area contributed by atoms with Crippen LogP contribution in [-0.4, -0.2) is 61.1 Å². The van der Waals surface area contributed by atoms with E-state index in [0.717, 1.165) is 13.1 Å². The number of ether oxygens (including phenoxy) is 1. The first-order valence-corrected chi connectivity index (χ1v) is 8.06. The molecule has 1 atom stereocenters. The number of carbonyl (C=O) groups excluding carboxylic acids is 1. The van der Waals surface area contributed by atoms with Gasteiger partial charge in [0.25, 0.3) is 0 Å². The molecule has 5 nitrogen and oxygen atoms in total. The highest BCUT2D eigenvalue weighted by Gasteiger charge is 2.23. The predicted octanol–water partition coefficient (Wildman–Crippen LogP) is 0.922. The van der Waals surface area contributed by atoms with Crippen molar-refractivity contribution in [2.24, 2.45) is 5.73 Å². The second-order valence-corrected chi connectivity index (χ2v) is 6.14. The van der Waals surface area contributed by atoms with E-state index in [1.54, 1.807) is 17.4 Å². The number of hydrogen-bond acceptors (Lipinski definition) is 5. The second kappa shape index (κ2) is 8.29. The van der Waals surface area contributed by atoms with E-state index in [-0.39, 0.29) is 12.0 Å². The van der Waals surface area contributed by atoms with Crippen LogP contribution in [0.4, 0.5) is 0 Å². The van der Waals surface area contributed by atoms with Crippen LogP contribution in [0.15, 0.2) is 30.2 Å². The maximum absolute atomic E-state index is 12.5. The van der Waals surface area contributed by atoms with Crippen LogP contribution < -0.4 is 5.73 Å². The van der Waals surface area contributed by atoms with Gasteiger partial charge in [0, 0.05) is 31.1 Å². The van der Waals surface area contributed by atoms with Crippen molar-refractivity contribution in [3.05, 3.63) is 35.0 Å². The summed E-state index contributed by atoms with van der Waals surface area (Å²) in [5, 5.41) is 2.03. The molecule has 1 amide bonds. The molecule has 21 heavy (non-hydrogen) atoms. The van der Waals surface area contributed by atoms with E-state index in [4.69, 9.17) is 10.5 Å². The molecule has 1 aliphatic rings. The van der Waals surface area contributed by atoms with Gasteiger partial charge in [0.1, 0.15) is 0 Å². The molecule has 0 spiro atoms. The van der Waals surface area contributed by atoms with Crippen molar-refractivity contribution in [2.45, 2.75) is 12.6 Å². The van der Waals surface area contributed by atoms with E-state index in [1.807, 2.05) is 22.4 Å². The van der Waals surface area contributed by atoms with Gasteiger partial charge in [-0.2, -0.15) is 0 Å². The third-order valence-corrected chi connectivity index (χ3v) is 4.33. The lowest BCUT2D eigenvalue weighted by atomic mass is 10.2. The molecule has 1 saturated heterocycles. The monoisotopic (exact) mass is 309 g/mol. The summed E-state index contributed by atoms with van der Waals surface area (Å²) in [5.74, 6) is 0.126. The molecule has 0 bridgehead atoms. The van der Waals surface area contributed by atoms with Gasteiger partial charge in [-0.15, -0.1) is 17.9 Å². The van der Waals surface area contributed by atoms with Crippen LogP contribution in [0.1, 0.15) is 4.88 Å². The Labute approximate surface area is 130 Å². The van der Waals surface area contributed by atoms with E-state index in [1.165, 1.54) is 4.88 Å². The first-order chi connectivity index (χ1) is 10.2. The minimum Gasteiger partial charge on any atom is -0.374 e. The summed E-state index contributed by atoms with van der Waals surface area (Å²) in [6, 6.07) is 4.05. The normalized spacial score (nSPS) is 19.4. The summed E-state index contributed by atoms with van der Waals surface area (Å²) in [7, 11) is 0. The van der Waals surface area contributed by atoms with E-state index in [2.05, 4.69) is 11.5 Å². The van der Waals surface area contributed by atoms with E-state index >= 15 is 0 Å². The van der Waals surface area contributed by atoms with Crippen molar-refractivity contribution in [3.8, 4) is 0 Å². The summed E-state index contributed by atoms with van der Waals surface area (Å²) in [6.07, 6.45) is 1.81. The Kier molecular flexibility index (Phi) is 6.38. The van der Waals surface area contributed by atoms with Crippen molar-refractivity contribution >= 4 is 17.2 Å². The number of amides is 1. The third-order valence-electron chi connectivity index (χ3n) is 3.47. The number of rotatable bonds is 7. The molecule has 116 valence electrons. The molecule has 1 aromatic rings. The number of hydrogen-bond donors (Lipinski definition) is 1. The van der Waals surface area contributed by atoms with E-state index < -0.39 is 0 Å². The largest absolute Gasteiger partial charge is 0.374 e. The number of carbonyl (C=O) groups is 1. The summed E-state index contributed by atoms with van der Waals surface area (Å²) in [6.45, 7) is 8.02. The molecule has 1 fully saturated rings. The number of morpholine rings is 1. The van der Waals surface area contributed by atoms with Gasteiger partial charge in [0.2, 0.25) is 5.91 Å². The van der Waals surface area contributed by atoms with Crippen LogP contribution in [0.25, 0.3) is 0 Å². The van der Waals surface area contributed by atoms with Gasteiger partial charge in [-0.1, -0.05) is 12.1 Å². The van der Waals surface area contributed by atoms with Crippen LogP contribution in [0.3, 0.4) is 0 Å². The highest BCUT2D eigenvalue weighted by atomic mass is 32.1. The van der Waals surface area contributed by atoms with E-state index in [9.17, 15) is 4.79 Å². The van der Waals surface area contributed by atoms with Crippen molar-refractivity contribution in [2.75, 3.05) is 39.3 Å². The fraction of sp³-hybridized carbons (Fsp3) is 0.533. The first kappa shape index (κ1) is 16.2. The van der Waals surface area contributed by atoms with Crippen molar-refractivity contribution in [3.63, 3.8) is 0 Å². The van der Waals surface area contributed by atoms with Crippen LogP contribution in [0.5, 0.6) is 0 Å². The fourth-order valence-corrected chi connectivity index (χ4v) is 3.08. The molecule has 6 heteroatoms. The fourth-order valence-electron chi connectivity index (χ4n) is 2.36. The van der Waals surface area contributed by atoms with Crippen molar-refractivity contribution in [1.29, 1.82) is 0 Å². The Morgan fingerprint density at radius 3 is 3.19 bits per heavy atom. The minimum absolute atomic E-state index is 0.0386. The van der Waals surface area contributed by atoms with E-state index in [0.29, 0.717) is 32.8 Å². The van der Waals surface area contributed by atoms with Crippen LogP contribution in [-0.2, 0) is 16.1 Å². The molecule has 0 aliphatic carbocycles. The zero-order valence-electron chi connectivity index (χ0n) is 12.2. The quantitative estimate of drug-likeness (QED) is 0.761. The maximum Gasteiger partial charge on any atom is 0.237 e. The zero-order valence-corrected chi connectivity index (χ0v) is 13.1. The summed E-state index contributed by atoms with van der Waals surface area (Å²) in [4.78, 5) is 17.6. The third kappa shape index (κ3) is 4.93. The Morgan fingerprint density at radius 2 is 2.52 bits per heavy atom. The van der Waals surface area contributed by atoms with Gasteiger partial charge in [-0.05, 0) is 11.4 Å². The predicted molar refractivity (Wildman–Crippen MR) is 85.2 cm³/mol. The second-order valence-electron chi connectivity index (χ2n) is 5.11. The van der Waals surface area contributed by atoms with Crippen LogP contribution in [0.2, 0.25) is 0 Å². The van der Waals surface area contributed by atoms with Gasteiger partial charge < -0.3 is 15.4 Å². The first-order valence-electron chi connectivity index (χ1n) is 7.18. The molecular formula is C15H23N3O2S. The molecule has 2 rings (SSSR count). The lowest BCUT2D eigenvalue weighted by molar-refractivity contribution is -0.134. The topological polar surface area (TPSA) is 58.8 Å². The zero-order chi connectivity index (χ0) is 15.1. The van der Waals surface area contributed by atoms with Crippen LogP contribution >= 0.6 is 11.3 Å². The summed E-state index contributed by atoms with van der Waals surface area (Å²) < 4.78 is 5.53. The smallest absolute Gasteiger partial charge is 0.237 e. The standard InChI is InChI=1S/C15H23N3O2S/c1-2-5-18(11-14-4-3-8-21-14)15(19)12-17-6-7-20-13(9-16)10-17/h2-4,8,13H,1,5-7,9-12,16H2. The minimum atomic E-state index is 0.0386. The SMILES string of the molecule is C=CCN(Cc1cccs1)C(=O)CN1CCOC(CN)C1. The van der Waals surface area contributed by atoms with Gasteiger partial charge in [-0.3, -0.25) is 9.69 Å². The molecule has 1 aromatic heterocycles. The molecular weight excluding hydrogens is 286 g/mol. The molecule has 2 heterocycles. The molecule has 1 unspecified atom stereocenters. The Bertz CT molecular complexity index is 450. The van der Waals surface area contributed by atoms with Gasteiger partial charge in [0.15, 0.2) is 0 Å². The number of nitrogens with two attached hydrogens (primary N) is 1. The molecule has 0 radical (unpaired) electrons. The highest BCUT2D eigenvalue weighted by molar-refractivity contribution is 7.09. The molecule has 2 N–H and O–H groups in total. The highest BCUT2D eigenvalue weighted by Crippen LogP contribution is 2.13. The number of thiophene rings is 1. The average molecular weight is 309 g/mol. The van der Waals surface area contributed by atoms with Gasteiger partial charge >= 0.3 is 0 Å². The Hall–Kier alpha value is -1.21. The van der Waals surface area contributed by atoms with Gasteiger partial charge in [-0.25, -0.2) is 0 Å². The molecule has 0 aromatic carbocycles. The maximum atomic E-state index is 12.5. The van der Waals surface area contributed by atoms with Crippen molar-refractivity contribution < 1.29 is 9.53 Å².